The lowest BCUT2D eigenvalue weighted by Crippen LogP contribution is -2.29. The fourth-order valence-corrected chi connectivity index (χ4v) is 5.19. The van der Waals surface area contributed by atoms with Crippen LogP contribution >= 0.6 is 0 Å². The molecule has 0 spiro atoms. The van der Waals surface area contributed by atoms with Gasteiger partial charge in [0.15, 0.2) is 6.61 Å². The highest BCUT2D eigenvalue weighted by Gasteiger charge is 2.31. The van der Waals surface area contributed by atoms with Crippen molar-refractivity contribution in [3.63, 3.8) is 0 Å². The Hall–Kier alpha value is -3.65. The number of ketones is 1. The molecule has 4 rings (SSSR count). The Kier molecular flexibility index (Phi) is 5.96. The Labute approximate surface area is 186 Å². The number of anilines is 1. The maximum Gasteiger partial charge on any atom is 0.338 e. The second-order valence-electron chi connectivity index (χ2n) is 7.18. The third-order valence-corrected chi connectivity index (χ3v) is 7.05. The SMILES string of the molecule is COc1ccccc1C(=O)COC(=O)c1cccc(S(=O)(=O)N2CCc3ccccc32)c1. The number of sulfonamides is 1. The molecule has 0 aliphatic carbocycles. The number of nitrogens with zero attached hydrogens (tertiary/aromatic N) is 1. The highest BCUT2D eigenvalue weighted by atomic mass is 32.2. The predicted molar refractivity (Wildman–Crippen MR) is 119 cm³/mol. The van der Waals surface area contributed by atoms with E-state index >= 15 is 0 Å². The van der Waals surface area contributed by atoms with Gasteiger partial charge in [-0.2, -0.15) is 0 Å². The molecule has 1 aliphatic rings. The number of ether oxygens (including phenoxy) is 2. The summed E-state index contributed by atoms with van der Waals surface area (Å²) in [4.78, 5) is 24.9. The molecule has 0 atom stereocenters. The van der Waals surface area contributed by atoms with Crippen LogP contribution in [-0.4, -0.2) is 40.4 Å². The minimum Gasteiger partial charge on any atom is -0.496 e. The topological polar surface area (TPSA) is 90.0 Å². The van der Waals surface area contributed by atoms with E-state index in [0.29, 0.717) is 30.0 Å². The van der Waals surface area contributed by atoms with Gasteiger partial charge >= 0.3 is 5.97 Å². The minimum absolute atomic E-state index is 0.0142. The minimum atomic E-state index is -3.85. The Morgan fingerprint density at radius 2 is 1.72 bits per heavy atom. The number of benzene rings is 3. The smallest absolute Gasteiger partial charge is 0.338 e. The van der Waals surface area contributed by atoms with Crippen molar-refractivity contribution in [3.05, 3.63) is 89.5 Å². The number of para-hydroxylation sites is 2. The van der Waals surface area contributed by atoms with Gasteiger partial charge in [-0.15, -0.1) is 0 Å². The van der Waals surface area contributed by atoms with Crippen molar-refractivity contribution >= 4 is 27.5 Å². The Bertz CT molecular complexity index is 1280. The molecule has 0 saturated carbocycles. The third-order valence-electron chi connectivity index (χ3n) is 5.24. The number of fused-ring (bicyclic) bond motifs is 1. The van der Waals surface area contributed by atoms with Gasteiger partial charge in [0.25, 0.3) is 10.0 Å². The molecular formula is C24H21NO6S. The average Bonchev–Trinajstić information content (AvgIpc) is 3.27. The first-order valence-corrected chi connectivity index (χ1v) is 11.4. The average molecular weight is 452 g/mol. The van der Waals surface area contributed by atoms with E-state index in [9.17, 15) is 18.0 Å². The molecule has 164 valence electrons. The maximum absolute atomic E-state index is 13.2. The standard InChI is InChI=1S/C24H21NO6S/c1-30-23-12-5-3-10-20(23)22(26)16-31-24(27)18-8-6-9-19(15-18)32(28,29)25-14-13-17-7-2-4-11-21(17)25/h2-12,15H,13-14,16H2,1H3. The van der Waals surface area contributed by atoms with Crippen LogP contribution in [0.25, 0.3) is 0 Å². The molecule has 0 N–H and O–H groups in total. The highest BCUT2D eigenvalue weighted by Crippen LogP contribution is 2.32. The molecule has 0 saturated heterocycles. The van der Waals surface area contributed by atoms with E-state index in [0.717, 1.165) is 5.56 Å². The summed E-state index contributed by atoms with van der Waals surface area (Å²) < 4.78 is 38.0. The van der Waals surface area contributed by atoms with E-state index in [4.69, 9.17) is 9.47 Å². The first-order chi connectivity index (χ1) is 15.4. The zero-order valence-corrected chi connectivity index (χ0v) is 18.2. The molecule has 8 heteroatoms. The third kappa shape index (κ3) is 4.09. The van der Waals surface area contributed by atoms with E-state index in [2.05, 4.69) is 0 Å². The molecule has 3 aromatic rings. The van der Waals surface area contributed by atoms with Gasteiger partial charge in [-0.25, -0.2) is 13.2 Å². The lowest BCUT2D eigenvalue weighted by molar-refractivity contribution is 0.0473. The molecule has 3 aromatic carbocycles. The first-order valence-electron chi connectivity index (χ1n) is 9.96. The van der Waals surface area contributed by atoms with Crippen molar-refractivity contribution in [3.8, 4) is 5.75 Å². The fraction of sp³-hybridized carbons (Fsp3) is 0.167. The van der Waals surface area contributed by atoms with E-state index in [1.807, 2.05) is 12.1 Å². The number of hydrogen-bond acceptors (Lipinski definition) is 6. The number of Topliss-reactive ketones (excluding diaryl/α,β-unsaturated/α-hetero) is 1. The first kappa shape index (κ1) is 21.6. The number of esters is 1. The maximum atomic E-state index is 13.2. The molecule has 0 fully saturated rings. The Balaban J connectivity index is 1.50. The van der Waals surface area contributed by atoms with Gasteiger partial charge in [0, 0.05) is 6.54 Å². The number of hydrogen-bond donors (Lipinski definition) is 0. The zero-order chi connectivity index (χ0) is 22.7. The molecule has 7 nitrogen and oxygen atoms in total. The lowest BCUT2D eigenvalue weighted by Gasteiger charge is -2.19. The van der Waals surface area contributed by atoms with E-state index < -0.39 is 28.4 Å². The van der Waals surface area contributed by atoms with Crippen molar-refractivity contribution in [2.75, 3.05) is 24.6 Å². The van der Waals surface area contributed by atoms with Gasteiger partial charge in [-0.05, 0) is 48.4 Å². The van der Waals surface area contributed by atoms with Crippen LogP contribution in [0.2, 0.25) is 0 Å². The Morgan fingerprint density at radius 3 is 2.53 bits per heavy atom. The molecule has 0 aromatic heterocycles. The van der Waals surface area contributed by atoms with Crippen LogP contribution in [0.5, 0.6) is 5.75 Å². The van der Waals surface area contributed by atoms with Gasteiger partial charge in [-0.1, -0.05) is 36.4 Å². The van der Waals surface area contributed by atoms with Crippen LogP contribution in [0.15, 0.2) is 77.7 Å². The van der Waals surface area contributed by atoms with Crippen molar-refractivity contribution in [2.24, 2.45) is 0 Å². The lowest BCUT2D eigenvalue weighted by atomic mass is 10.1. The van der Waals surface area contributed by atoms with Crippen molar-refractivity contribution in [1.29, 1.82) is 0 Å². The number of carbonyl (C=O) groups excluding carboxylic acids is 2. The van der Waals surface area contributed by atoms with Crippen molar-refractivity contribution in [2.45, 2.75) is 11.3 Å². The molecule has 0 unspecified atom stereocenters. The largest absolute Gasteiger partial charge is 0.496 e. The quantitative estimate of drug-likeness (QED) is 0.404. The molecular weight excluding hydrogens is 430 g/mol. The van der Waals surface area contributed by atoms with Crippen LogP contribution in [-0.2, 0) is 21.2 Å². The number of carbonyl (C=O) groups is 2. The van der Waals surface area contributed by atoms with Crippen LogP contribution in [0.4, 0.5) is 5.69 Å². The van der Waals surface area contributed by atoms with Gasteiger partial charge < -0.3 is 9.47 Å². The number of methoxy groups -OCH3 is 1. The summed E-state index contributed by atoms with van der Waals surface area (Å²) in [7, 11) is -2.40. The summed E-state index contributed by atoms with van der Waals surface area (Å²) in [5.41, 5.74) is 1.95. The van der Waals surface area contributed by atoms with Gasteiger partial charge in [0.05, 0.1) is 28.8 Å². The van der Waals surface area contributed by atoms with Crippen LogP contribution in [0.3, 0.4) is 0 Å². The van der Waals surface area contributed by atoms with E-state index in [1.54, 1.807) is 36.4 Å². The monoisotopic (exact) mass is 451 g/mol. The van der Waals surface area contributed by atoms with Crippen LogP contribution in [0.1, 0.15) is 26.3 Å². The second-order valence-corrected chi connectivity index (χ2v) is 9.05. The summed E-state index contributed by atoms with van der Waals surface area (Å²) in [5.74, 6) is -0.826. The van der Waals surface area contributed by atoms with Gasteiger partial charge in [0.2, 0.25) is 5.78 Å². The molecule has 0 bridgehead atoms. The summed E-state index contributed by atoms with van der Waals surface area (Å²) in [5, 5.41) is 0. The summed E-state index contributed by atoms with van der Waals surface area (Å²) >= 11 is 0. The van der Waals surface area contributed by atoms with Crippen LogP contribution in [0, 0.1) is 0 Å². The van der Waals surface area contributed by atoms with Gasteiger partial charge in [0.1, 0.15) is 5.75 Å². The molecule has 0 radical (unpaired) electrons. The zero-order valence-electron chi connectivity index (χ0n) is 17.4. The van der Waals surface area contributed by atoms with Crippen LogP contribution < -0.4 is 9.04 Å². The van der Waals surface area contributed by atoms with E-state index in [1.165, 1.54) is 35.7 Å². The Morgan fingerprint density at radius 1 is 0.969 bits per heavy atom. The predicted octanol–water partition coefficient (Wildman–Crippen LogP) is 3.49. The summed E-state index contributed by atoms with van der Waals surface area (Å²) in [6.07, 6.45) is 0.627. The summed E-state index contributed by atoms with van der Waals surface area (Å²) in [6.45, 7) is -0.153. The fourth-order valence-electron chi connectivity index (χ4n) is 3.64. The molecule has 1 aliphatic heterocycles. The second kappa shape index (κ2) is 8.84. The van der Waals surface area contributed by atoms with E-state index in [-0.39, 0.29) is 10.5 Å². The van der Waals surface area contributed by atoms with Crippen molar-refractivity contribution in [1.82, 2.24) is 0 Å². The number of rotatable bonds is 7. The molecule has 0 amide bonds. The van der Waals surface area contributed by atoms with Crippen molar-refractivity contribution < 1.29 is 27.5 Å². The summed E-state index contributed by atoms with van der Waals surface area (Å²) in [6, 6.07) is 19.6. The van der Waals surface area contributed by atoms with Gasteiger partial charge in [-0.3, -0.25) is 9.10 Å². The molecule has 32 heavy (non-hydrogen) atoms. The highest BCUT2D eigenvalue weighted by molar-refractivity contribution is 7.92. The molecule has 1 heterocycles. The normalized spacial score (nSPS) is 12.8.